The SMILES string of the molecule is CCNC1CCOc2cc(F)c(C)cc21. The van der Waals surface area contributed by atoms with Crippen LogP contribution in [0.15, 0.2) is 12.1 Å². The molecule has 1 aromatic rings. The van der Waals surface area contributed by atoms with E-state index in [0.29, 0.717) is 24.0 Å². The molecule has 0 spiro atoms. The summed E-state index contributed by atoms with van der Waals surface area (Å²) >= 11 is 0. The fourth-order valence-electron chi connectivity index (χ4n) is 1.98. The van der Waals surface area contributed by atoms with Gasteiger partial charge in [0.25, 0.3) is 0 Å². The first-order chi connectivity index (χ1) is 7.22. The number of hydrogen-bond acceptors (Lipinski definition) is 2. The summed E-state index contributed by atoms with van der Waals surface area (Å²) in [6.07, 6.45) is 0.950. The predicted molar refractivity (Wildman–Crippen MR) is 57.7 cm³/mol. The molecule has 0 fully saturated rings. The van der Waals surface area contributed by atoms with Crippen LogP contribution in [0.4, 0.5) is 4.39 Å². The molecule has 0 bridgehead atoms. The molecular weight excluding hydrogens is 193 g/mol. The van der Waals surface area contributed by atoms with Crippen LogP contribution in [0.5, 0.6) is 5.75 Å². The van der Waals surface area contributed by atoms with E-state index in [-0.39, 0.29) is 5.82 Å². The van der Waals surface area contributed by atoms with E-state index < -0.39 is 0 Å². The van der Waals surface area contributed by atoms with Crippen LogP contribution in [0.2, 0.25) is 0 Å². The molecule has 2 rings (SSSR count). The standard InChI is InChI=1S/C12H16FNO/c1-3-14-11-4-5-15-12-7-10(13)8(2)6-9(11)12/h6-7,11,14H,3-5H2,1-2H3. The van der Waals surface area contributed by atoms with E-state index in [1.54, 1.807) is 6.92 Å². The van der Waals surface area contributed by atoms with Gasteiger partial charge >= 0.3 is 0 Å². The van der Waals surface area contributed by atoms with Gasteiger partial charge in [0.1, 0.15) is 11.6 Å². The zero-order valence-corrected chi connectivity index (χ0v) is 9.14. The van der Waals surface area contributed by atoms with Crippen molar-refractivity contribution in [1.82, 2.24) is 5.32 Å². The molecule has 1 atom stereocenters. The highest BCUT2D eigenvalue weighted by atomic mass is 19.1. The quantitative estimate of drug-likeness (QED) is 0.808. The first-order valence-electron chi connectivity index (χ1n) is 5.38. The van der Waals surface area contributed by atoms with E-state index in [1.807, 2.05) is 6.07 Å². The second-order valence-electron chi connectivity index (χ2n) is 3.89. The molecule has 15 heavy (non-hydrogen) atoms. The molecule has 0 amide bonds. The Morgan fingerprint density at radius 2 is 2.33 bits per heavy atom. The van der Waals surface area contributed by atoms with Crippen molar-refractivity contribution in [1.29, 1.82) is 0 Å². The number of aryl methyl sites for hydroxylation is 1. The van der Waals surface area contributed by atoms with Gasteiger partial charge in [-0.2, -0.15) is 0 Å². The highest BCUT2D eigenvalue weighted by Gasteiger charge is 2.21. The van der Waals surface area contributed by atoms with Crippen LogP contribution < -0.4 is 10.1 Å². The summed E-state index contributed by atoms with van der Waals surface area (Å²) in [7, 11) is 0. The van der Waals surface area contributed by atoms with E-state index in [2.05, 4.69) is 12.2 Å². The van der Waals surface area contributed by atoms with Gasteiger partial charge in [0.2, 0.25) is 0 Å². The van der Waals surface area contributed by atoms with Crippen molar-refractivity contribution in [2.24, 2.45) is 0 Å². The number of ether oxygens (including phenoxy) is 1. The van der Waals surface area contributed by atoms with Crippen molar-refractivity contribution in [3.63, 3.8) is 0 Å². The first-order valence-corrected chi connectivity index (χ1v) is 5.38. The van der Waals surface area contributed by atoms with Crippen LogP contribution in [-0.4, -0.2) is 13.2 Å². The highest BCUT2D eigenvalue weighted by Crippen LogP contribution is 2.33. The van der Waals surface area contributed by atoms with Crippen molar-refractivity contribution >= 4 is 0 Å². The van der Waals surface area contributed by atoms with Crippen molar-refractivity contribution in [3.8, 4) is 5.75 Å². The Morgan fingerprint density at radius 3 is 3.07 bits per heavy atom. The molecule has 1 aliphatic heterocycles. The fourth-order valence-corrected chi connectivity index (χ4v) is 1.98. The van der Waals surface area contributed by atoms with Crippen LogP contribution in [-0.2, 0) is 0 Å². The average Bonchev–Trinajstić information content (AvgIpc) is 2.21. The number of hydrogen-bond donors (Lipinski definition) is 1. The summed E-state index contributed by atoms with van der Waals surface area (Å²) in [5.74, 6) is 0.501. The number of benzene rings is 1. The third kappa shape index (κ3) is 1.97. The monoisotopic (exact) mass is 209 g/mol. The summed E-state index contributed by atoms with van der Waals surface area (Å²) < 4.78 is 18.8. The largest absolute Gasteiger partial charge is 0.493 e. The highest BCUT2D eigenvalue weighted by molar-refractivity contribution is 5.41. The summed E-state index contributed by atoms with van der Waals surface area (Å²) in [5, 5.41) is 3.38. The van der Waals surface area contributed by atoms with E-state index in [9.17, 15) is 4.39 Å². The Kier molecular flexibility index (Phi) is 2.91. The number of rotatable bonds is 2. The van der Waals surface area contributed by atoms with Crippen LogP contribution in [0.1, 0.15) is 30.5 Å². The van der Waals surface area contributed by atoms with Gasteiger partial charge in [-0.15, -0.1) is 0 Å². The zero-order valence-electron chi connectivity index (χ0n) is 9.14. The van der Waals surface area contributed by atoms with Gasteiger partial charge in [0.15, 0.2) is 0 Å². The van der Waals surface area contributed by atoms with Gasteiger partial charge in [0.05, 0.1) is 6.61 Å². The molecule has 2 nitrogen and oxygen atoms in total. The Bertz CT molecular complexity index is 365. The first kappa shape index (κ1) is 10.4. The van der Waals surface area contributed by atoms with Gasteiger partial charge in [-0.3, -0.25) is 0 Å². The van der Waals surface area contributed by atoms with Crippen LogP contribution in [0.3, 0.4) is 0 Å². The summed E-state index contributed by atoms with van der Waals surface area (Å²) in [4.78, 5) is 0. The third-order valence-corrected chi connectivity index (χ3v) is 2.78. The topological polar surface area (TPSA) is 21.3 Å². The third-order valence-electron chi connectivity index (χ3n) is 2.78. The minimum atomic E-state index is -0.189. The molecule has 0 aliphatic carbocycles. The lowest BCUT2D eigenvalue weighted by molar-refractivity contribution is 0.252. The van der Waals surface area contributed by atoms with Crippen LogP contribution in [0, 0.1) is 12.7 Å². The molecule has 0 saturated carbocycles. The molecule has 1 aromatic carbocycles. The molecule has 1 aliphatic rings. The molecule has 1 heterocycles. The second kappa shape index (κ2) is 4.19. The average molecular weight is 209 g/mol. The van der Waals surface area contributed by atoms with Gasteiger partial charge in [-0.25, -0.2) is 4.39 Å². The molecule has 0 saturated heterocycles. The second-order valence-corrected chi connectivity index (χ2v) is 3.89. The van der Waals surface area contributed by atoms with Crippen LogP contribution in [0.25, 0.3) is 0 Å². The van der Waals surface area contributed by atoms with E-state index in [0.717, 1.165) is 18.5 Å². The summed E-state index contributed by atoms with van der Waals surface area (Å²) in [5.41, 5.74) is 1.77. The van der Waals surface area contributed by atoms with Crippen molar-refractivity contribution in [2.75, 3.05) is 13.2 Å². The summed E-state index contributed by atoms with van der Waals surface area (Å²) in [6.45, 7) is 5.44. The lowest BCUT2D eigenvalue weighted by atomic mass is 9.98. The Labute approximate surface area is 89.4 Å². The number of halogens is 1. The van der Waals surface area contributed by atoms with Gasteiger partial charge in [-0.05, 0) is 25.1 Å². The molecule has 0 radical (unpaired) electrons. The van der Waals surface area contributed by atoms with E-state index in [1.165, 1.54) is 6.07 Å². The Morgan fingerprint density at radius 1 is 1.53 bits per heavy atom. The lowest BCUT2D eigenvalue weighted by Crippen LogP contribution is -2.27. The smallest absolute Gasteiger partial charge is 0.129 e. The molecule has 82 valence electrons. The van der Waals surface area contributed by atoms with Crippen molar-refractivity contribution in [2.45, 2.75) is 26.3 Å². The maximum absolute atomic E-state index is 13.3. The minimum absolute atomic E-state index is 0.189. The fraction of sp³-hybridized carbons (Fsp3) is 0.500. The maximum atomic E-state index is 13.3. The molecule has 3 heteroatoms. The molecule has 1 N–H and O–H groups in total. The van der Waals surface area contributed by atoms with E-state index in [4.69, 9.17) is 4.74 Å². The van der Waals surface area contributed by atoms with Gasteiger partial charge in [0, 0.05) is 24.1 Å². The Balaban J connectivity index is 2.38. The number of nitrogens with one attached hydrogen (secondary N) is 1. The maximum Gasteiger partial charge on any atom is 0.129 e. The lowest BCUT2D eigenvalue weighted by Gasteiger charge is -2.27. The van der Waals surface area contributed by atoms with E-state index >= 15 is 0 Å². The normalized spacial score (nSPS) is 19.5. The predicted octanol–water partition coefficient (Wildman–Crippen LogP) is 2.57. The minimum Gasteiger partial charge on any atom is -0.493 e. The number of fused-ring (bicyclic) bond motifs is 1. The molecule has 1 unspecified atom stereocenters. The van der Waals surface area contributed by atoms with Crippen molar-refractivity contribution in [3.05, 3.63) is 29.1 Å². The molecular formula is C12H16FNO. The van der Waals surface area contributed by atoms with Gasteiger partial charge in [-0.1, -0.05) is 6.92 Å². The summed E-state index contributed by atoms with van der Waals surface area (Å²) in [6, 6.07) is 3.68. The molecule has 0 aromatic heterocycles. The Hall–Kier alpha value is -1.09. The van der Waals surface area contributed by atoms with Crippen LogP contribution >= 0.6 is 0 Å². The zero-order chi connectivity index (χ0) is 10.8. The van der Waals surface area contributed by atoms with Crippen molar-refractivity contribution < 1.29 is 9.13 Å². The van der Waals surface area contributed by atoms with Gasteiger partial charge < -0.3 is 10.1 Å².